The molecule has 0 saturated carbocycles. The van der Waals surface area contributed by atoms with Crippen molar-refractivity contribution in [1.29, 1.82) is 0 Å². The normalized spacial score (nSPS) is 14.9. The Labute approximate surface area is 260 Å². The second kappa shape index (κ2) is 14.3. The first kappa shape index (κ1) is 30.3. The molecular formula is C30H27Br2NO5S2. The van der Waals surface area contributed by atoms with E-state index in [9.17, 15) is 9.59 Å². The van der Waals surface area contributed by atoms with Crippen molar-refractivity contribution in [2.45, 2.75) is 32.9 Å². The van der Waals surface area contributed by atoms with Crippen molar-refractivity contribution < 1.29 is 23.8 Å². The van der Waals surface area contributed by atoms with Gasteiger partial charge in [0.15, 0.2) is 17.5 Å². The number of thioether (sulfide) groups is 1. The largest absolute Gasteiger partial charge is 0.490 e. The Morgan fingerprint density at radius 2 is 1.77 bits per heavy atom. The molecular weight excluding hydrogens is 678 g/mol. The molecule has 10 heteroatoms. The Morgan fingerprint density at radius 3 is 2.45 bits per heavy atom. The molecule has 4 rings (SSSR count). The molecule has 1 aliphatic heterocycles. The van der Waals surface area contributed by atoms with Gasteiger partial charge in [-0.3, -0.25) is 9.69 Å². The van der Waals surface area contributed by atoms with Crippen LogP contribution in [0.25, 0.3) is 6.08 Å². The van der Waals surface area contributed by atoms with Gasteiger partial charge in [-0.2, -0.15) is 0 Å². The first-order valence-corrected chi connectivity index (χ1v) is 15.5. The second-order valence-electron chi connectivity index (χ2n) is 8.71. The summed E-state index contributed by atoms with van der Waals surface area (Å²) in [5.74, 6) is 0.236. The lowest BCUT2D eigenvalue weighted by Crippen LogP contribution is -2.38. The minimum Gasteiger partial charge on any atom is -0.490 e. The van der Waals surface area contributed by atoms with Crippen molar-refractivity contribution in [1.82, 2.24) is 4.90 Å². The average molecular weight is 705 g/mol. The molecule has 1 saturated heterocycles. The van der Waals surface area contributed by atoms with Gasteiger partial charge in [-0.1, -0.05) is 89.3 Å². The van der Waals surface area contributed by atoms with Crippen molar-refractivity contribution >= 4 is 78.1 Å². The average Bonchev–Trinajstić information content (AvgIpc) is 3.21. The number of rotatable bonds is 11. The molecule has 40 heavy (non-hydrogen) atoms. The summed E-state index contributed by atoms with van der Waals surface area (Å²) in [6, 6.07) is 19.7. The van der Waals surface area contributed by atoms with E-state index in [1.807, 2.05) is 68.4 Å². The van der Waals surface area contributed by atoms with Gasteiger partial charge in [0, 0.05) is 4.47 Å². The highest BCUT2D eigenvalue weighted by Crippen LogP contribution is 2.42. The predicted molar refractivity (Wildman–Crippen MR) is 169 cm³/mol. The summed E-state index contributed by atoms with van der Waals surface area (Å²) in [7, 11) is 0. The number of esters is 1. The van der Waals surface area contributed by atoms with Gasteiger partial charge >= 0.3 is 5.97 Å². The van der Waals surface area contributed by atoms with Crippen LogP contribution in [-0.2, 0) is 20.9 Å². The van der Waals surface area contributed by atoms with Crippen molar-refractivity contribution in [3.05, 3.63) is 97.3 Å². The van der Waals surface area contributed by atoms with Gasteiger partial charge < -0.3 is 14.2 Å². The number of thiocarbonyl (C=S) groups is 1. The van der Waals surface area contributed by atoms with E-state index in [1.165, 1.54) is 4.90 Å². The fraction of sp³-hybridized carbons (Fsp3) is 0.233. The Morgan fingerprint density at radius 1 is 1.05 bits per heavy atom. The standard InChI is InChI=1S/C30H27Br2NO5S2/c1-3-14-37-29(35)26(21-8-6-5-7-9-21)33-28(34)25(40-30(33)39)17-20-15-23(32)27(24(16-20)36-4-2)38-18-19-10-12-22(31)13-11-19/h5-13,15-17,26H,3-4,14,18H2,1-2H3/b25-17+. The molecule has 3 aromatic rings. The van der Waals surface area contributed by atoms with E-state index < -0.39 is 12.0 Å². The zero-order valence-corrected chi connectivity index (χ0v) is 26.7. The number of nitrogens with zero attached hydrogens (tertiary/aromatic N) is 1. The van der Waals surface area contributed by atoms with E-state index in [2.05, 4.69) is 31.9 Å². The van der Waals surface area contributed by atoms with Gasteiger partial charge in [-0.15, -0.1) is 0 Å². The van der Waals surface area contributed by atoms with E-state index in [4.69, 9.17) is 26.4 Å². The third-order valence-electron chi connectivity index (χ3n) is 5.79. The van der Waals surface area contributed by atoms with E-state index in [0.717, 1.165) is 27.4 Å². The molecule has 3 aromatic carbocycles. The summed E-state index contributed by atoms with van der Waals surface area (Å²) in [4.78, 5) is 28.4. The topological polar surface area (TPSA) is 65.1 Å². The van der Waals surface area contributed by atoms with Gasteiger partial charge in [0.25, 0.3) is 5.91 Å². The number of amides is 1. The molecule has 0 bridgehead atoms. The van der Waals surface area contributed by atoms with E-state index in [0.29, 0.717) is 46.1 Å². The Bertz CT molecular complexity index is 1410. The van der Waals surface area contributed by atoms with Crippen LogP contribution < -0.4 is 9.47 Å². The van der Waals surface area contributed by atoms with Gasteiger partial charge in [0.2, 0.25) is 0 Å². The predicted octanol–water partition coefficient (Wildman–Crippen LogP) is 8.09. The summed E-state index contributed by atoms with van der Waals surface area (Å²) in [5.41, 5.74) is 2.36. The summed E-state index contributed by atoms with van der Waals surface area (Å²) in [6.07, 6.45) is 2.41. The number of carbonyl (C=O) groups is 2. The highest BCUT2D eigenvalue weighted by atomic mass is 79.9. The number of hydrogen-bond acceptors (Lipinski definition) is 7. The summed E-state index contributed by atoms with van der Waals surface area (Å²) in [6.45, 7) is 4.87. The van der Waals surface area contributed by atoms with Crippen LogP contribution in [0.5, 0.6) is 11.5 Å². The molecule has 0 N–H and O–H groups in total. The Hall–Kier alpha value is -2.66. The molecule has 1 aliphatic rings. The maximum absolute atomic E-state index is 13.6. The van der Waals surface area contributed by atoms with Gasteiger partial charge in [0.1, 0.15) is 10.9 Å². The maximum atomic E-state index is 13.6. The van der Waals surface area contributed by atoms with Crippen molar-refractivity contribution in [2.24, 2.45) is 0 Å². The van der Waals surface area contributed by atoms with E-state index in [-0.39, 0.29) is 16.8 Å². The van der Waals surface area contributed by atoms with E-state index in [1.54, 1.807) is 18.2 Å². The molecule has 1 unspecified atom stereocenters. The number of benzene rings is 3. The molecule has 0 aliphatic carbocycles. The number of halogens is 2. The van der Waals surface area contributed by atoms with Crippen molar-refractivity contribution in [3.63, 3.8) is 0 Å². The summed E-state index contributed by atoms with van der Waals surface area (Å²) in [5, 5.41) is 0. The van der Waals surface area contributed by atoms with Crippen LogP contribution in [-0.4, -0.2) is 34.3 Å². The number of ether oxygens (including phenoxy) is 3. The first-order chi connectivity index (χ1) is 19.3. The van der Waals surface area contributed by atoms with Gasteiger partial charge in [-0.25, -0.2) is 4.79 Å². The molecule has 1 fully saturated rings. The molecule has 0 aromatic heterocycles. The van der Waals surface area contributed by atoms with Crippen LogP contribution in [0.15, 0.2) is 80.6 Å². The third kappa shape index (κ3) is 7.34. The molecule has 1 atom stereocenters. The monoisotopic (exact) mass is 703 g/mol. The molecule has 1 heterocycles. The summed E-state index contributed by atoms with van der Waals surface area (Å²) >= 11 is 13.8. The number of carbonyl (C=O) groups excluding carboxylic acids is 2. The van der Waals surface area contributed by atoms with Crippen molar-refractivity contribution in [2.75, 3.05) is 13.2 Å². The van der Waals surface area contributed by atoms with Crippen LogP contribution >= 0.6 is 55.8 Å². The SMILES string of the molecule is CCCOC(=O)C(c1ccccc1)N1C(=O)/C(=C\c2cc(Br)c(OCc3ccc(Br)cc3)c(OCC)c2)SC1=S. The minimum atomic E-state index is -0.966. The highest BCUT2D eigenvalue weighted by Gasteiger charge is 2.42. The van der Waals surface area contributed by atoms with Crippen LogP contribution in [0.2, 0.25) is 0 Å². The zero-order valence-electron chi connectivity index (χ0n) is 21.9. The maximum Gasteiger partial charge on any atom is 0.333 e. The smallest absolute Gasteiger partial charge is 0.333 e. The fourth-order valence-electron chi connectivity index (χ4n) is 3.97. The van der Waals surface area contributed by atoms with Gasteiger partial charge in [0.05, 0.1) is 22.6 Å². The molecule has 208 valence electrons. The lowest BCUT2D eigenvalue weighted by molar-refractivity contribution is -0.151. The Balaban J connectivity index is 1.61. The van der Waals surface area contributed by atoms with Gasteiger partial charge in [-0.05, 0) is 76.3 Å². The molecule has 1 amide bonds. The quantitative estimate of drug-likeness (QED) is 0.114. The van der Waals surface area contributed by atoms with Crippen LogP contribution in [0.4, 0.5) is 0 Å². The highest BCUT2D eigenvalue weighted by molar-refractivity contribution is 9.10. The summed E-state index contributed by atoms with van der Waals surface area (Å²) < 4.78 is 19.4. The molecule has 6 nitrogen and oxygen atoms in total. The lowest BCUT2D eigenvalue weighted by atomic mass is 10.1. The van der Waals surface area contributed by atoms with E-state index >= 15 is 0 Å². The Kier molecular flexibility index (Phi) is 10.8. The fourth-order valence-corrected chi connectivity index (χ4v) is 6.12. The zero-order chi connectivity index (χ0) is 28.6. The first-order valence-electron chi connectivity index (χ1n) is 12.6. The lowest BCUT2D eigenvalue weighted by Gasteiger charge is -2.25. The van der Waals surface area contributed by atoms with Crippen LogP contribution in [0.1, 0.15) is 43.0 Å². The minimum absolute atomic E-state index is 0.261. The number of hydrogen-bond donors (Lipinski definition) is 0. The van der Waals surface area contributed by atoms with Crippen molar-refractivity contribution in [3.8, 4) is 11.5 Å². The molecule has 0 radical (unpaired) electrons. The third-order valence-corrected chi connectivity index (χ3v) is 8.24. The second-order valence-corrected chi connectivity index (χ2v) is 12.2. The van der Waals surface area contributed by atoms with Crippen LogP contribution in [0.3, 0.4) is 0 Å². The van der Waals surface area contributed by atoms with Crippen LogP contribution in [0, 0.1) is 0 Å². The molecule has 0 spiro atoms.